The molecule has 2 heterocycles. The van der Waals surface area contributed by atoms with Gasteiger partial charge in [-0.1, -0.05) is 30.3 Å². The van der Waals surface area contributed by atoms with E-state index in [1.54, 1.807) is 10.7 Å². The highest BCUT2D eigenvalue weighted by Gasteiger charge is 2.42. The molecular weight excluding hydrogens is 375 g/mol. The van der Waals surface area contributed by atoms with Gasteiger partial charge >= 0.3 is 12.1 Å². The molecule has 150 valence electrons. The summed E-state index contributed by atoms with van der Waals surface area (Å²) in [7, 11) is 0. The van der Waals surface area contributed by atoms with Crippen molar-refractivity contribution in [1.29, 1.82) is 0 Å². The molecule has 1 amide bonds. The van der Waals surface area contributed by atoms with Gasteiger partial charge in [0.15, 0.2) is 0 Å². The molecule has 1 saturated heterocycles. The fraction of sp³-hybridized carbons (Fsp3) is 0.421. The molecule has 1 aliphatic heterocycles. The van der Waals surface area contributed by atoms with Crippen LogP contribution in [0.25, 0.3) is 0 Å². The third-order valence-corrected chi connectivity index (χ3v) is 5.02. The summed E-state index contributed by atoms with van der Waals surface area (Å²) < 4.78 is 41.9. The van der Waals surface area contributed by atoms with Crippen molar-refractivity contribution >= 4 is 11.9 Å². The first-order valence-corrected chi connectivity index (χ1v) is 8.92. The Labute approximate surface area is 159 Å². The monoisotopic (exact) mass is 395 g/mol. The van der Waals surface area contributed by atoms with Gasteiger partial charge in [-0.3, -0.25) is 9.48 Å². The van der Waals surface area contributed by atoms with E-state index in [0.29, 0.717) is 25.9 Å². The van der Waals surface area contributed by atoms with E-state index in [1.165, 1.54) is 41.6 Å². The number of alkyl halides is 3. The number of carboxylic acids is 1. The second-order valence-corrected chi connectivity index (χ2v) is 6.84. The lowest BCUT2D eigenvalue weighted by molar-refractivity contribution is -0.161. The lowest BCUT2D eigenvalue weighted by Gasteiger charge is -2.33. The number of hydrogen-bond donors (Lipinski definition) is 1. The fourth-order valence-electron chi connectivity index (χ4n) is 3.44. The van der Waals surface area contributed by atoms with Crippen LogP contribution in [0, 0.1) is 0 Å². The average Bonchev–Trinajstić information content (AvgIpc) is 3.16. The van der Waals surface area contributed by atoms with Crippen molar-refractivity contribution in [2.24, 2.45) is 0 Å². The second-order valence-electron chi connectivity index (χ2n) is 6.84. The summed E-state index contributed by atoms with van der Waals surface area (Å²) in [6.45, 7) is 0.621. The molecule has 0 aliphatic carbocycles. The standard InChI is InChI=1S/C19H20F3N3O3/c20-19(21,22)16(13-4-2-1-3-5-13)10-17(26)24-8-6-15(7-9-24)25-12-14(11-23-25)18(27)28/h1-5,11-12,15-16H,6-10H2,(H,27,28). The first-order valence-electron chi connectivity index (χ1n) is 8.92. The number of carboxylic acid groups (broad SMARTS) is 1. The number of hydrogen-bond acceptors (Lipinski definition) is 3. The van der Waals surface area contributed by atoms with E-state index in [2.05, 4.69) is 5.10 Å². The highest BCUT2D eigenvalue weighted by atomic mass is 19.4. The second kappa shape index (κ2) is 8.04. The van der Waals surface area contributed by atoms with E-state index in [9.17, 15) is 22.8 Å². The smallest absolute Gasteiger partial charge is 0.396 e. The molecule has 1 fully saturated rings. The Morgan fingerprint density at radius 1 is 1.18 bits per heavy atom. The summed E-state index contributed by atoms with van der Waals surface area (Å²) in [4.78, 5) is 24.9. The predicted octanol–water partition coefficient (Wildman–Crippen LogP) is 3.48. The van der Waals surface area contributed by atoms with Crippen LogP contribution in [0.3, 0.4) is 0 Å². The van der Waals surface area contributed by atoms with Crippen molar-refractivity contribution in [2.45, 2.75) is 37.4 Å². The molecule has 0 bridgehead atoms. The number of aromatic nitrogens is 2. The maximum Gasteiger partial charge on any atom is 0.396 e. The van der Waals surface area contributed by atoms with Gasteiger partial charge in [-0.2, -0.15) is 18.3 Å². The number of amides is 1. The van der Waals surface area contributed by atoms with Crippen LogP contribution in [-0.2, 0) is 4.79 Å². The maximum absolute atomic E-state index is 13.5. The number of piperidine rings is 1. The third-order valence-electron chi connectivity index (χ3n) is 5.02. The van der Waals surface area contributed by atoms with Crippen molar-refractivity contribution in [3.05, 3.63) is 53.9 Å². The van der Waals surface area contributed by atoms with Gasteiger partial charge < -0.3 is 10.0 Å². The Morgan fingerprint density at radius 3 is 2.36 bits per heavy atom. The van der Waals surface area contributed by atoms with Crippen LogP contribution in [-0.4, -0.2) is 50.9 Å². The molecule has 1 atom stereocenters. The average molecular weight is 395 g/mol. The molecule has 6 nitrogen and oxygen atoms in total. The number of halogens is 3. The molecule has 28 heavy (non-hydrogen) atoms. The van der Waals surface area contributed by atoms with Gasteiger partial charge in [0.25, 0.3) is 0 Å². The number of rotatable bonds is 5. The van der Waals surface area contributed by atoms with Crippen LogP contribution in [0.1, 0.15) is 47.1 Å². The minimum atomic E-state index is -4.50. The van der Waals surface area contributed by atoms with Crippen molar-refractivity contribution in [2.75, 3.05) is 13.1 Å². The van der Waals surface area contributed by atoms with Gasteiger partial charge in [0.05, 0.1) is 23.7 Å². The zero-order valence-corrected chi connectivity index (χ0v) is 15.0. The fourth-order valence-corrected chi connectivity index (χ4v) is 3.44. The number of likely N-dealkylation sites (tertiary alicyclic amines) is 1. The van der Waals surface area contributed by atoms with Crippen LogP contribution in [0.2, 0.25) is 0 Å². The molecule has 1 unspecified atom stereocenters. The lowest BCUT2D eigenvalue weighted by Crippen LogP contribution is -2.40. The number of nitrogens with zero attached hydrogens (tertiary/aromatic N) is 3. The van der Waals surface area contributed by atoms with Crippen molar-refractivity contribution in [3.8, 4) is 0 Å². The number of carbonyl (C=O) groups excluding carboxylic acids is 1. The van der Waals surface area contributed by atoms with Gasteiger partial charge in [-0.25, -0.2) is 4.79 Å². The molecule has 0 spiro atoms. The van der Waals surface area contributed by atoms with Crippen LogP contribution >= 0.6 is 0 Å². The zero-order chi connectivity index (χ0) is 20.3. The van der Waals surface area contributed by atoms with Gasteiger partial charge in [0.1, 0.15) is 0 Å². The highest BCUT2D eigenvalue weighted by Crippen LogP contribution is 2.38. The van der Waals surface area contributed by atoms with Crippen molar-refractivity contribution in [3.63, 3.8) is 0 Å². The number of benzene rings is 1. The van der Waals surface area contributed by atoms with Crippen LogP contribution in [0.5, 0.6) is 0 Å². The molecule has 1 aromatic heterocycles. The van der Waals surface area contributed by atoms with Crippen molar-refractivity contribution in [1.82, 2.24) is 14.7 Å². The Kier molecular flexibility index (Phi) is 5.71. The van der Waals surface area contributed by atoms with E-state index >= 15 is 0 Å². The Hall–Kier alpha value is -2.84. The normalized spacial score (nSPS) is 16.8. The summed E-state index contributed by atoms with van der Waals surface area (Å²) in [5.74, 6) is -3.43. The van der Waals surface area contributed by atoms with Gasteiger partial charge in [-0.15, -0.1) is 0 Å². The third kappa shape index (κ3) is 4.52. The topological polar surface area (TPSA) is 75.4 Å². The molecule has 2 aromatic rings. The molecule has 1 N–H and O–H groups in total. The molecular formula is C19H20F3N3O3. The largest absolute Gasteiger partial charge is 0.478 e. The van der Waals surface area contributed by atoms with Crippen molar-refractivity contribution < 1.29 is 27.9 Å². The molecule has 1 aliphatic rings. The van der Waals surface area contributed by atoms with E-state index in [0.717, 1.165) is 0 Å². The minimum absolute atomic E-state index is 0.0781. The molecule has 0 radical (unpaired) electrons. The Morgan fingerprint density at radius 2 is 1.82 bits per heavy atom. The van der Waals surface area contributed by atoms with E-state index in [-0.39, 0.29) is 17.2 Å². The maximum atomic E-state index is 13.5. The number of aromatic carboxylic acids is 1. The summed E-state index contributed by atoms with van der Waals surface area (Å²) in [5.41, 5.74) is 0.158. The summed E-state index contributed by atoms with van der Waals surface area (Å²) >= 11 is 0. The zero-order valence-electron chi connectivity index (χ0n) is 15.0. The number of carbonyl (C=O) groups is 2. The highest BCUT2D eigenvalue weighted by molar-refractivity contribution is 5.86. The summed E-state index contributed by atoms with van der Waals surface area (Å²) in [6, 6.07) is 7.38. The quantitative estimate of drug-likeness (QED) is 0.841. The first-order chi connectivity index (χ1) is 13.3. The van der Waals surface area contributed by atoms with E-state index in [4.69, 9.17) is 5.11 Å². The molecule has 3 rings (SSSR count). The van der Waals surface area contributed by atoms with Crippen LogP contribution in [0.15, 0.2) is 42.7 Å². The van der Waals surface area contributed by atoms with Crippen LogP contribution in [0.4, 0.5) is 13.2 Å². The molecule has 9 heteroatoms. The lowest BCUT2D eigenvalue weighted by atomic mass is 9.94. The summed E-state index contributed by atoms with van der Waals surface area (Å²) in [6.07, 6.45) is -1.42. The predicted molar refractivity (Wildman–Crippen MR) is 93.9 cm³/mol. The first kappa shape index (κ1) is 19.9. The van der Waals surface area contributed by atoms with E-state index < -0.39 is 30.4 Å². The molecule has 0 saturated carbocycles. The SMILES string of the molecule is O=C(O)c1cnn(C2CCN(C(=O)CC(c3ccccc3)C(F)(F)F)CC2)c1. The van der Waals surface area contributed by atoms with E-state index in [1.807, 2.05) is 0 Å². The Bertz CT molecular complexity index is 828. The Balaban J connectivity index is 1.61. The van der Waals surface area contributed by atoms with Gasteiger partial charge in [0.2, 0.25) is 5.91 Å². The van der Waals surface area contributed by atoms with Crippen LogP contribution < -0.4 is 0 Å². The van der Waals surface area contributed by atoms with Gasteiger partial charge in [-0.05, 0) is 18.4 Å². The minimum Gasteiger partial charge on any atom is -0.478 e. The molecule has 1 aromatic carbocycles. The van der Waals surface area contributed by atoms with Gasteiger partial charge in [0, 0.05) is 25.7 Å². The summed E-state index contributed by atoms with van der Waals surface area (Å²) in [5, 5.41) is 13.0.